The first-order valence-electron chi connectivity index (χ1n) is 8.59. The van der Waals surface area contributed by atoms with Crippen molar-refractivity contribution in [2.24, 2.45) is 0 Å². The Labute approximate surface area is 149 Å². The van der Waals surface area contributed by atoms with Crippen LogP contribution in [0, 0.1) is 0 Å². The van der Waals surface area contributed by atoms with E-state index in [2.05, 4.69) is 16.9 Å². The van der Waals surface area contributed by atoms with Crippen molar-refractivity contribution in [2.45, 2.75) is 42.9 Å². The van der Waals surface area contributed by atoms with Crippen molar-refractivity contribution in [3.63, 3.8) is 0 Å². The average molecular weight is 357 g/mol. The van der Waals surface area contributed by atoms with Gasteiger partial charge in [-0.25, -0.2) is 13.1 Å². The Balaban J connectivity index is 1.79. The van der Waals surface area contributed by atoms with E-state index in [1.807, 2.05) is 18.2 Å². The molecule has 3 rings (SSSR count). The van der Waals surface area contributed by atoms with E-state index >= 15 is 0 Å². The molecule has 0 heterocycles. The molecule has 1 N–H and O–H groups in total. The van der Waals surface area contributed by atoms with Gasteiger partial charge in [-0.05, 0) is 37.5 Å². The maximum Gasteiger partial charge on any atom is 0.240 e. The van der Waals surface area contributed by atoms with E-state index in [1.54, 1.807) is 12.1 Å². The maximum absolute atomic E-state index is 12.6. The molecule has 0 bridgehead atoms. The number of rotatable bonds is 6. The van der Waals surface area contributed by atoms with Gasteiger partial charge in [0.25, 0.3) is 0 Å². The van der Waals surface area contributed by atoms with Crippen LogP contribution in [0.4, 0.5) is 0 Å². The van der Waals surface area contributed by atoms with Crippen LogP contribution in [0.3, 0.4) is 0 Å². The van der Waals surface area contributed by atoms with E-state index in [0.29, 0.717) is 12.1 Å². The highest BCUT2D eigenvalue weighted by molar-refractivity contribution is 7.89. The lowest BCUT2D eigenvalue weighted by Gasteiger charge is -2.30. The summed E-state index contributed by atoms with van der Waals surface area (Å²) in [4.78, 5) is 11.5. The zero-order valence-corrected chi connectivity index (χ0v) is 15.2. The quantitative estimate of drug-likeness (QED) is 0.802. The SMILES string of the molecule is CC(=O)c1ccc(S(=O)(=O)NCC2(c3ccccc3)CCCC2)cc1. The zero-order chi connectivity index (χ0) is 17.9. The fourth-order valence-corrected chi connectivity index (χ4v) is 4.72. The Morgan fingerprint density at radius 2 is 1.60 bits per heavy atom. The maximum atomic E-state index is 12.6. The minimum Gasteiger partial charge on any atom is -0.295 e. The number of nitrogens with one attached hydrogen (secondary N) is 1. The van der Waals surface area contributed by atoms with Crippen LogP contribution >= 0.6 is 0 Å². The minimum absolute atomic E-state index is 0.0779. The van der Waals surface area contributed by atoms with Crippen LogP contribution in [0.2, 0.25) is 0 Å². The minimum atomic E-state index is -3.60. The fourth-order valence-electron chi connectivity index (χ4n) is 3.60. The molecule has 0 radical (unpaired) electrons. The van der Waals surface area contributed by atoms with Gasteiger partial charge in [0.05, 0.1) is 4.90 Å². The second-order valence-electron chi connectivity index (χ2n) is 6.76. The summed E-state index contributed by atoms with van der Waals surface area (Å²) in [6.45, 7) is 1.86. The number of carbonyl (C=O) groups is 1. The summed E-state index contributed by atoms with van der Waals surface area (Å²) in [7, 11) is -3.60. The van der Waals surface area contributed by atoms with Gasteiger partial charge in [-0.1, -0.05) is 55.3 Å². The van der Waals surface area contributed by atoms with Gasteiger partial charge in [-0.3, -0.25) is 4.79 Å². The number of benzene rings is 2. The molecule has 2 aromatic carbocycles. The Morgan fingerprint density at radius 1 is 1.00 bits per heavy atom. The van der Waals surface area contributed by atoms with Gasteiger partial charge in [0.2, 0.25) is 10.0 Å². The van der Waals surface area contributed by atoms with Gasteiger partial charge in [0, 0.05) is 17.5 Å². The molecule has 4 nitrogen and oxygen atoms in total. The summed E-state index contributed by atoms with van der Waals surface area (Å²) in [5.41, 5.74) is 1.57. The number of ketones is 1. The zero-order valence-electron chi connectivity index (χ0n) is 14.4. The summed E-state index contributed by atoms with van der Waals surface area (Å²) in [6, 6.07) is 16.2. The van der Waals surface area contributed by atoms with Gasteiger partial charge < -0.3 is 0 Å². The second-order valence-corrected chi connectivity index (χ2v) is 8.53. The summed E-state index contributed by atoms with van der Waals surface area (Å²) >= 11 is 0. The molecule has 5 heteroatoms. The van der Waals surface area contributed by atoms with E-state index in [-0.39, 0.29) is 16.1 Å². The van der Waals surface area contributed by atoms with Crippen molar-refractivity contribution in [3.8, 4) is 0 Å². The molecule has 1 aliphatic rings. The van der Waals surface area contributed by atoms with Crippen LogP contribution in [0.5, 0.6) is 0 Å². The normalized spacial score (nSPS) is 16.7. The molecule has 0 aliphatic heterocycles. The van der Waals surface area contributed by atoms with Gasteiger partial charge >= 0.3 is 0 Å². The van der Waals surface area contributed by atoms with Gasteiger partial charge in [-0.2, -0.15) is 0 Å². The predicted octanol–water partition coefficient (Wildman–Crippen LogP) is 3.68. The van der Waals surface area contributed by atoms with Crippen molar-refractivity contribution >= 4 is 15.8 Å². The van der Waals surface area contributed by atoms with Crippen LogP contribution in [0.1, 0.15) is 48.5 Å². The second kappa shape index (κ2) is 7.10. The van der Waals surface area contributed by atoms with Crippen LogP contribution < -0.4 is 4.72 Å². The Bertz CT molecular complexity index is 836. The first-order valence-corrected chi connectivity index (χ1v) is 10.1. The molecular weight excluding hydrogens is 334 g/mol. The average Bonchev–Trinajstić information content (AvgIpc) is 3.11. The molecular formula is C20H23NO3S. The number of carbonyl (C=O) groups excluding carboxylic acids is 1. The van der Waals surface area contributed by atoms with Crippen molar-refractivity contribution in [3.05, 3.63) is 65.7 Å². The first kappa shape index (κ1) is 17.8. The molecule has 25 heavy (non-hydrogen) atoms. The predicted molar refractivity (Wildman–Crippen MR) is 98.2 cm³/mol. The molecule has 0 aromatic heterocycles. The topological polar surface area (TPSA) is 63.2 Å². The molecule has 0 atom stereocenters. The summed E-state index contributed by atoms with van der Waals surface area (Å²) in [5.74, 6) is -0.0779. The lowest BCUT2D eigenvalue weighted by molar-refractivity contribution is 0.101. The third-order valence-electron chi connectivity index (χ3n) is 5.12. The molecule has 1 saturated carbocycles. The fraction of sp³-hybridized carbons (Fsp3) is 0.350. The summed E-state index contributed by atoms with van der Waals surface area (Å²) in [5, 5.41) is 0. The molecule has 0 amide bonds. The molecule has 1 aliphatic carbocycles. The Kier molecular flexibility index (Phi) is 5.06. The third kappa shape index (κ3) is 3.83. The van der Waals surface area contributed by atoms with Crippen molar-refractivity contribution in [2.75, 3.05) is 6.54 Å². The van der Waals surface area contributed by atoms with Gasteiger partial charge in [-0.15, -0.1) is 0 Å². The lowest BCUT2D eigenvalue weighted by atomic mass is 9.79. The molecule has 132 valence electrons. The van der Waals surface area contributed by atoms with E-state index in [0.717, 1.165) is 25.7 Å². The van der Waals surface area contributed by atoms with Crippen molar-refractivity contribution in [1.29, 1.82) is 0 Å². The Hall–Kier alpha value is -1.98. The molecule has 0 saturated heterocycles. The van der Waals surface area contributed by atoms with E-state index in [4.69, 9.17) is 0 Å². The largest absolute Gasteiger partial charge is 0.295 e. The molecule has 0 unspecified atom stereocenters. The van der Waals surface area contributed by atoms with Gasteiger partial charge in [0.15, 0.2) is 5.78 Å². The van der Waals surface area contributed by atoms with Crippen LogP contribution in [0.15, 0.2) is 59.5 Å². The highest BCUT2D eigenvalue weighted by atomic mass is 32.2. The summed E-state index contributed by atoms with van der Waals surface area (Å²) < 4.78 is 28.1. The monoisotopic (exact) mass is 357 g/mol. The van der Waals surface area contributed by atoms with E-state index in [1.165, 1.54) is 24.6 Å². The number of Topliss-reactive ketones (excluding diaryl/α,β-unsaturated/α-hetero) is 1. The summed E-state index contributed by atoms with van der Waals surface area (Å²) in [6.07, 6.45) is 4.21. The standard InChI is InChI=1S/C20H23NO3S/c1-16(22)17-9-11-19(12-10-17)25(23,24)21-15-20(13-5-6-14-20)18-7-3-2-4-8-18/h2-4,7-12,21H,5-6,13-15H2,1H3. The van der Waals surface area contributed by atoms with E-state index in [9.17, 15) is 13.2 Å². The van der Waals surface area contributed by atoms with Crippen molar-refractivity contribution < 1.29 is 13.2 Å². The number of sulfonamides is 1. The van der Waals surface area contributed by atoms with Crippen LogP contribution in [-0.2, 0) is 15.4 Å². The molecule has 1 fully saturated rings. The smallest absolute Gasteiger partial charge is 0.240 e. The Morgan fingerprint density at radius 3 is 2.16 bits per heavy atom. The lowest BCUT2D eigenvalue weighted by Crippen LogP contribution is -2.39. The highest BCUT2D eigenvalue weighted by Gasteiger charge is 2.36. The van der Waals surface area contributed by atoms with Crippen LogP contribution in [0.25, 0.3) is 0 Å². The van der Waals surface area contributed by atoms with E-state index < -0.39 is 10.0 Å². The first-order chi connectivity index (χ1) is 11.9. The number of hydrogen-bond donors (Lipinski definition) is 1. The third-order valence-corrected chi connectivity index (χ3v) is 6.54. The van der Waals surface area contributed by atoms with Crippen LogP contribution in [-0.4, -0.2) is 20.7 Å². The highest BCUT2D eigenvalue weighted by Crippen LogP contribution is 2.40. The van der Waals surface area contributed by atoms with Gasteiger partial charge in [0.1, 0.15) is 0 Å². The van der Waals surface area contributed by atoms with Crippen molar-refractivity contribution in [1.82, 2.24) is 4.72 Å². The molecule has 2 aromatic rings. The molecule has 0 spiro atoms. The number of hydrogen-bond acceptors (Lipinski definition) is 3.